The van der Waals surface area contributed by atoms with Gasteiger partial charge in [-0.05, 0) is 56.6 Å². The monoisotopic (exact) mass is 353 g/mol. The molecule has 4 rings (SSSR count). The molecule has 0 bridgehead atoms. The first-order chi connectivity index (χ1) is 12.6. The number of carbonyl (C=O) groups is 1. The molecule has 0 aliphatic heterocycles. The fraction of sp³-hybridized carbons (Fsp3) is 0.500. The van der Waals surface area contributed by atoms with Crippen LogP contribution < -0.4 is 16.4 Å². The summed E-state index contributed by atoms with van der Waals surface area (Å²) < 4.78 is 0. The Bertz CT molecular complexity index is 817. The van der Waals surface area contributed by atoms with Crippen LogP contribution in [-0.2, 0) is 0 Å². The minimum Gasteiger partial charge on any atom is -0.364 e. The summed E-state index contributed by atoms with van der Waals surface area (Å²) in [7, 11) is 0. The van der Waals surface area contributed by atoms with E-state index in [1.807, 2.05) is 0 Å². The van der Waals surface area contributed by atoms with Crippen molar-refractivity contribution in [1.82, 2.24) is 19.9 Å². The number of hydrogen-bond donors (Lipinski definition) is 3. The number of nitrogens with zero attached hydrogens (tertiary/aromatic N) is 4. The highest BCUT2D eigenvalue weighted by atomic mass is 16.1. The molecule has 8 heteroatoms. The summed E-state index contributed by atoms with van der Waals surface area (Å²) in [5.74, 6) is 2.28. The van der Waals surface area contributed by atoms with Crippen molar-refractivity contribution in [3.05, 3.63) is 23.9 Å². The number of nitrogens with two attached hydrogens (primary N) is 1. The second kappa shape index (κ2) is 6.86. The van der Waals surface area contributed by atoms with Crippen LogP contribution in [0.25, 0.3) is 11.5 Å². The SMILES string of the molecule is C[C@@H](Nc1nc(NCC2CC2)nc(-c2cccc(C(N)=O)n2)n1)C1CC1. The van der Waals surface area contributed by atoms with Gasteiger partial charge in [-0.25, -0.2) is 4.98 Å². The maximum Gasteiger partial charge on any atom is 0.267 e. The number of rotatable bonds is 8. The number of amides is 1. The van der Waals surface area contributed by atoms with Gasteiger partial charge in [-0.1, -0.05) is 6.07 Å². The number of nitrogens with one attached hydrogen (secondary N) is 2. The lowest BCUT2D eigenvalue weighted by atomic mass is 10.2. The van der Waals surface area contributed by atoms with Crippen LogP contribution in [0.2, 0.25) is 0 Å². The minimum atomic E-state index is -0.575. The second-order valence-corrected chi connectivity index (χ2v) is 7.17. The molecule has 1 atom stereocenters. The maximum absolute atomic E-state index is 11.4. The lowest BCUT2D eigenvalue weighted by Crippen LogP contribution is -2.20. The zero-order chi connectivity index (χ0) is 18.1. The van der Waals surface area contributed by atoms with Gasteiger partial charge in [0, 0.05) is 12.6 Å². The van der Waals surface area contributed by atoms with Crippen molar-refractivity contribution in [2.75, 3.05) is 17.2 Å². The Morgan fingerprint density at radius 1 is 1.15 bits per heavy atom. The van der Waals surface area contributed by atoms with Crippen LogP contribution in [0.5, 0.6) is 0 Å². The van der Waals surface area contributed by atoms with Gasteiger partial charge in [0.2, 0.25) is 11.9 Å². The van der Waals surface area contributed by atoms with Crippen LogP contribution >= 0.6 is 0 Å². The van der Waals surface area contributed by atoms with Gasteiger partial charge in [-0.2, -0.15) is 15.0 Å². The molecule has 2 aliphatic rings. The Labute approximate surface area is 152 Å². The number of primary amides is 1. The number of hydrogen-bond acceptors (Lipinski definition) is 7. The second-order valence-electron chi connectivity index (χ2n) is 7.17. The fourth-order valence-electron chi connectivity index (χ4n) is 2.81. The molecular formula is C18H23N7O. The highest BCUT2D eigenvalue weighted by Gasteiger charge is 2.28. The van der Waals surface area contributed by atoms with Crippen LogP contribution in [0.1, 0.15) is 43.1 Å². The topological polar surface area (TPSA) is 119 Å². The van der Waals surface area contributed by atoms with Gasteiger partial charge < -0.3 is 16.4 Å². The van der Waals surface area contributed by atoms with Crippen molar-refractivity contribution < 1.29 is 4.79 Å². The van der Waals surface area contributed by atoms with Gasteiger partial charge in [0.1, 0.15) is 11.4 Å². The van der Waals surface area contributed by atoms with Crippen molar-refractivity contribution in [2.24, 2.45) is 17.6 Å². The summed E-state index contributed by atoms with van der Waals surface area (Å²) in [6, 6.07) is 5.38. The van der Waals surface area contributed by atoms with Crippen LogP contribution in [0.3, 0.4) is 0 Å². The number of carbonyl (C=O) groups excluding carboxylic acids is 1. The van der Waals surface area contributed by atoms with Gasteiger partial charge in [0.15, 0.2) is 5.82 Å². The predicted molar refractivity (Wildman–Crippen MR) is 98.6 cm³/mol. The summed E-state index contributed by atoms with van der Waals surface area (Å²) in [5.41, 5.74) is 6.03. The highest BCUT2D eigenvalue weighted by Crippen LogP contribution is 2.34. The minimum absolute atomic E-state index is 0.191. The molecule has 1 amide bonds. The molecule has 2 heterocycles. The number of pyridine rings is 1. The smallest absolute Gasteiger partial charge is 0.267 e. The summed E-state index contributed by atoms with van der Waals surface area (Å²) in [4.78, 5) is 29.2. The Balaban J connectivity index is 1.63. The van der Waals surface area contributed by atoms with Crippen LogP contribution in [0.15, 0.2) is 18.2 Å². The zero-order valence-corrected chi connectivity index (χ0v) is 14.8. The largest absolute Gasteiger partial charge is 0.364 e. The van der Waals surface area contributed by atoms with Crippen LogP contribution in [0, 0.1) is 11.8 Å². The molecule has 0 radical (unpaired) electrons. The third kappa shape index (κ3) is 4.07. The van der Waals surface area contributed by atoms with Gasteiger partial charge in [-0.15, -0.1) is 0 Å². The molecule has 0 unspecified atom stereocenters. The molecule has 4 N–H and O–H groups in total. The third-order valence-electron chi connectivity index (χ3n) is 4.80. The molecule has 0 aromatic carbocycles. The molecule has 8 nitrogen and oxygen atoms in total. The summed E-state index contributed by atoms with van der Waals surface area (Å²) >= 11 is 0. The Morgan fingerprint density at radius 2 is 1.92 bits per heavy atom. The van der Waals surface area contributed by atoms with E-state index >= 15 is 0 Å². The number of aromatic nitrogens is 4. The molecule has 0 spiro atoms. The Morgan fingerprint density at radius 3 is 2.62 bits per heavy atom. The molecule has 2 aromatic heterocycles. The van der Waals surface area contributed by atoms with E-state index in [4.69, 9.17) is 5.73 Å². The van der Waals surface area contributed by atoms with E-state index in [-0.39, 0.29) is 5.69 Å². The maximum atomic E-state index is 11.4. The Kier molecular flexibility index (Phi) is 4.40. The van der Waals surface area contributed by atoms with Gasteiger partial charge in [-0.3, -0.25) is 4.79 Å². The first-order valence-corrected chi connectivity index (χ1v) is 9.12. The lowest BCUT2D eigenvalue weighted by molar-refractivity contribution is 0.0995. The van der Waals surface area contributed by atoms with Crippen molar-refractivity contribution >= 4 is 17.8 Å². The summed E-state index contributed by atoms with van der Waals surface area (Å²) in [6.45, 7) is 3.00. The van der Waals surface area contributed by atoms with Crippen LogP contribution in [-0.4, -0.2) is 38.4 Å². The average Bonchev–Trinajstić information content (AvgIpc) is 3.53. The van der Waals surface area contributed by atoms with E-state index in [0.717, 1.165) is 6.54 Å². The van der Waals surface area contributed by atoms with E-state index < -0.39 is 5.91 Å². The van der Waals surface area contributed by atoms with E-state index in [0.29, 0.717) is 41.3 Å². The first-order valence-electron chi connectivity index (χ1n) is 9.12. The molecule has 136 valence electrons. The quantitative estimate of drug-likeness (QED) is 0.664. The molecule has 2 fully saturated rings. The first kappa shape index (κ1) is 16.7. The van der Waals surface area contributed by atoms with Gasteiger partial charge in [0.25, 0.3) is 5.91 Å². The van der Waals surface area contributed by atoms with Crippen molar-refractivity contribution in [1.29, 1.82) is 0 Å². The normalized spacial score (nSPS) is 17.6. The highest BCUT2D eigenvalue weighted by molar-refractivity contribution is 5.91. The predicted octanol–water partition coefficient (Wildman–Crippen LogP) is 2.06. The lowest BCUT2D eigenvalue weighted by Gasteiger charge is -2.14. The van der Waals surface area contributed by atoms with E-state index in [2.05, 4.69) is 37.5 Å². The standard InChI is InChI=1S/C18H23N7O/c1-10(12-7-8-12)21-18-24-16(14-4-2-3-13(22-14)15(19)26)23-17(25-18)20-9-11-5-6-11/h2-4,10-12H,5-9H2,1H3,(H2,19,26)(H2,20,21,23,24,25)/t10-/m1/s1. The van der Waals surface area contributed by atoms with Gasteiger partial charge in [0.05, 0.1) is 0 Å². The van der Waals surface area contributed by atoms with Gasteiger partial charge >= 0.3 is 0 Å². The Hall–Kier alpha value is -2.77. The molecular weight excluding hydrogens is 330 g/mol. The zero-order valence-electron chi connectivity index (χ0n) is 14.8. The summed E-state index contributed by atoms with van der Waals surface area (Å²) in [5, 5.41) is 6.66. The molecule has 26 heavy (non-hydrogen) atoms. The molecule has 2 aliphatic carbocycles. The van der Waals surface area contributed by atoms with E-state index in [9.17, 15) is 4.79 Å². The third-order valence-corrected chi connectivity index (χ3v) is 4.80. The number of anilines is 2. The fourth-order valence-corrected chi connectivity index (χ4v) is 2.81. The van der Waals surface area contributed by atoms with E-state index in [1.54, 1.807) is 18.2 Å². The summed E-state index contributed by atoms with van der Waals surface area (Å²) in [6.07, 6.45) is 4.97. The molecule has 2 saturated carbocycles. The van der Waals surface area contributed by atoms with Crippen LogP contribution in [0.4, 0.5) is 11.9 Å². The van der Waals surface area contributed by atoms with Crippen molar-refractivity contribution in [2.45, 2.75) is 38.6 Å². The van der Waals surface area contributed by atoms with E-state index in [1.165, 1.54) is 25.7 Å². The molecule has 2 aromatic rings. The van der Waals surface area contributed by atoms with Crippen molar-refractivity contribution in [3.8, 4) is 11.5 Å². The molecule has 0 saturated heterocycles. The van der Waals surface area contributed by atoms with Crippen molar-refractivity contribution in [3.63, 3.8) is 0 Å². The average molecular weight is 353 g/mol.